The zero-order valence-corrected chi connectivity index (χ0v) is 25.9. The summed E-state index contributed by atoms with van der Waals surface area (Å²) in [4.78, 5) is 0. The fraction of sp³-hybridized carbons (Fsp3) is 0.487. The molecule has 230 valence electrons. The maximum atomic E-state index is 15.4. The Morgan fingerprint density at radius 1 is 0.744 bits per heavy atom. The van der Waals surface area contributed by atoms with E-state index in [2.05, 4.69) is 19.1 Å². The maximum absolute atomic E-state index is 15.4. The van der Waals surface area contributed by atoms with Crippen LogP contribution < -0.4 is 4.74 Å². The molecule has 2 aliphatic carbocycles. The third kappa shape index (κ3) is 7.75. The van der Waals surface area contributed by atoms with E-state index >= 15 is 4.39 Å². The summed E-state index contributed by atoms with van der Waals surface area (Å²) in [5, 5.41) is 0. The van der Waals surface area contributed by atoms with E-state index in [1.54, 1.807) is 24.3 Å². The Hall–Kier alpha value is -3.01. The van der Waals surface area contributed by atoms with Crippen LogP contribution in [0.4, 0.5) is 13.2 Å². The Morgan fingerprint density at radius 2 is 1.40 bits per heavy atom. The monoisotopic (exact) mass is 588 g/mol. The molecule has 0 saturated heterocycles. The van der Waals surface area contributed by atoms with Crippen LogP contribution in [0.5, 0.6) is 5.75 Å². The third-order valence-electron chi connectivity index (χ3n) is 10.1. The van der Waals surface area contributed by atoms with Crippen LogP contribution in [0.2, 0.25) is 0 Å². The van der Waals surface area contributed by atoms with Crippen LogP contribution in [0.1, 0.15) is 102 Å². The zero-order chi connectivity index (χ0) is 30.2. The molecule has 5 rings (SSSR count). The highest BCUT2D eigenvalue weighted by Gasteiger charge is 2.32. The number of ether oxygens (including phenoxy) is 1. The lowest BCUT2D eigenvalue weighted by Crippen LogP contribution is -2.25. The van der Waals surface area contributed by atoms with Gasteiger partial charge in [0.25, 0.3) is 0 Å². The second kappa shape index (κ2) is 15.1. The summed E-state index contributed by atoms with van der Waals surface area (Å²) in [5.74, 6) is 0.766. The van der Waals surface area contributed by atoms with E-state index in [-0.39, 0.29) is 23.0 Å². The van der Waals surface area contributed by atoms with E-state index in [0.717, 1.165) is 60.1 Å². The van der Waals surface area contributed by atoms with Gasteiger partial charge in [0.15, 0.2) is 11.6 Å². The van der Waals surface area contributed by atoms with E-state index in [1.807, 2.05) is 31.2 Å². The fourth-order valence-electron chi connectivity index (χ4n) is 7.42. The molecule has 3 aromatic carbocycles. The lowest BCUT2D eigenvalue weighted by molar-refractivity contribution is 0.156. The van der Waals surface area contributed by atoms with Crippen LogP contribution in [-0.4, -0.2) is 6.61 Å². The van der Waals surface area contributed by atoms with Gasteiger partial charge in [-0.1, -0.05) is 74.7 Å². The first-order valence-corrected chi connectivity index (χ1v) is 16.6. The number of benzene rings is 3. The Labute approximate surface area is 256 Å². The molecule has 2 fully saturated rings. The van der Waals surface area contributed by atoms with Gasteiger partial charge in [-0.25, -0.2) is 8.78 Å². The van der Waals surface area contributed by atoms with Gasteiger partial charge in [-0.3, -0.25) is 0 Å². The minimum Gasteiger partial charge on any atom is -0.490 e. The summed E-state index contributed by atoms with van der Waals surface area (Å²) in [6.07, 6.45) is 18.8. The lowest BCUT2D eigenvalue weighted by Gasteiger charge is -2.38. The number of unbranched alkanes of at least 4 members (excludes halogenated alkanes) is 1. The molecule has 0 unspecified atom stereocenters. The Morgan fingerprint density at radius 3 is 2.05 bits per heavy atom. The van der Waals surface area contributed by atoms with Crippen molar-refractivity contribution >= 4 is 0 Å². The van der Waals surface area contributed by atoms with E-state index in [1.165, 1.54) is 57.4 Å². The number of rotatable bonds is 11. The van der Waals surface area contributed by atoms with Crippen LogP contribution in [0, 0.1) is 35.2 Å². The van der Waals surface area contributed by atoms with Crippen molar-refractivity contribution in [2.45, 2.75) is 96.8 Å². The highest BCUT2D eigenvalue weighted by Crippen LogP contribution is 2.45. The highest BCUT2D eigenvalue weighted by molar-refractivity contribution is 5.71. The van der Waals surface area contributed by atoms with Gasteiger partial charge in [0, 0.05) is 5.56 Å². The molecule has 0 N–H and O–H groups in total. The van der Waals surface area contributed by atoms with E-state index < -0.39 is 11.6 Å². The molecule has 0 atom stereocenters. The van der Waals surface area contributed by atoms with Crippen LogP contribution in [-0.2, 0) is 0 Å². The molecule has 43 heavy (non-hydrogen) atoms. The lowest BCUT2D eigenvalue weighted by atomic mass is 9.68. The summed E-state index contributed by atoms with van der Waals surface area (Å²) in [5.41, 5.74) is 3.22. The van der Waals surface area contributed by atoms with Gasteiger partial charge in [-0.2, -0.15) is 4.39 Å². The maximum Gasteiger partial charge on any atom is 0.201 e. The number of allylic oxidation sites excluding steroid dienone is 2. The molecule has 0 heterocycles. The summed E-state index contributed by atoms with van der Waals surface area (Å²) < 4.78 is 50.2. The van der Waals surface area contributed by atoms with Crippen LogP contribution >= 0.6 is 0 Å². The van der Waals surface area contributed by atoms with E-state index in [0.29, 0.717) is 12.2 Å². The van der Waals surface area contributed by atoms with Gasteiger partial charge in [-0.05, 0) is 129 Å². The molecule has 0 bridgehead atoms. The second-order valence-electron chi connectivity index (χ2n) is 12.8. The minimum atomic E-state index is -0.965. The van der Waals surface area contributed by atoms with E-state index in [4.69, 9.17) is 4.74 Å². The molecule has 1 nitrogen and oxygen atoms in total. The highest BCUT2D eigenvalue weighted by atomic mass is 19.2. The third-order valence-corrected chi connectivity index (χ3v) is 10.1. The number of hydrogen-bond acceptors (Lipinski definition) is 1. The van der Waals surface area contributed by atoms with Gasteiger partial charge >= 0.3 is 0 Å². The Balaban J connectivity index is 1.17. The fourth-order valence-corrected chi connectivity index (χ4v) is 7.42. The molecule has 0 aromatic heterocycles. The summed E-state index contributed by atoms with van der Waals surface area (Å²) in [7, 11) is 0. The first-order valence-electron chi connectivity index (χ1n) is 16.6. The Bertz CT molecular complexity index is 1350. The summed E-state index contributed by atoms with van der Waals surface area (Å²) in [6.45, 7) is 4.48. The molecule has 2 aliphatic rings. The van der Waals surface area contributed by atoms with Gasteiger partial charge in [0.05, 0.1) is 6.61 Å². The van der Waals surface area contributed by atoms with Gasteiger partial charge in [0.1, 0.15) is 5.82 Å². The minimum absolute atomic E-state index is 0.0614. The van der Waals surface area contributed by atoms with Crippen molar-refractivity contribution in [1.82, 2.24) is 0 Å². The standard InChI is InChI=1S/C39H47F3O/c1-3-5-7-8-27-9-11-28(12-10-27)29-13-17-31(18-14-29)34-22-21-33(26-36(34)40)30-15-19-32(20-16-30)35-23-24-37(39(42)38(35)41)43-25-6-4-2/h3,5,15-16,19-24,26-29,31H,4,6-14,17-18,25H2,1-2H3. The van der Waals surface area contributed by atoms with Crippen molar-refractivity contribution in [1.29, 1.82) is 0 Å². The largest absolute Gasteiger partial charge is 0.490 e. The summed E-state index contributed by atoms with van der Waals surface area (Å²) >= 11 is 0. The molecular formula is C39H47F3O. The van der Waals surface area contributed by atoms with Crippen LogP contribution in [0.3, 0.4) is 0 Å². The van der Waals surface area contributed by atoms with Crippen LogP contribution in [0.25, 0.3) is 22.3 Å². The first-order chi connectivity index (χ1) is 21.0. The first kappa shape index (κ1) is 31.4. The van der Waals surface area contributed by atoms with Crippen molar-refractivity contribution < 1.29 is 17.9 Å². The molecule has 3 aromatic rings. The molecule has 0 radical (unpaired) electrons. The van der Waals surface area contributed by atoms with Crippen molar-refractivity contribution in [2.75, 3.05) is 6.61 Å². The quantitative estimate of drug-likeness (QED) is 0.160. The predicted octanol–water partition coefficient (Wildman–Crippen LogP) is 12.1. The van der Waals surface area contributed by atoms with Crippen molar-refractivity contribution in [2.24, 2.45) is 17.8 Å². The molecule has 0 spiro atoms. The predicted molar refractivity (Wildman–Crippen MR) is 172 cm³/mol. The van der Waals surface area contributed by atoms with Gasteiger partial charge < -0.3 is 4.74 Å². The topological polar surface area (TPSA) is 9.23 Å². The summed E-state index contributed by atoms with van der Waals surface area (Å²) in [6, 6.07) is 15.8. The average molecular weight is 589 g/mol. The SMILES string of the molecule is CC=CCCC1CCC(C2CCC(c3ccc(-c4ccc(-c5ccc(OCCCC)c(F)c5F)cc4)cc3F)CC2)CC1. The van der Waals surface area contributed by atoms with Crippen LogP contribution in [0.15, 0.2) is 66.7 Å². The molecule has 0 amide bonds. The van der Waals surface area contributed by atoms with Gasteiger partial charge in [0.2, 0.25) is 5.82 Å². The van der Waals surface area contributed by atoms with Crippen molar-refractivity contribution in [3.63, 3.8) is 0 Å². The number of halogens is 3. The average Bonchev–Trinajstić information content (AvgIpc) is 3.04. The molecular weight excluding hydrogens is 541 g/mol. The van der Waals surface area contributed by atoms with Crippen molar-refractivity contribution in [3.05, 3.63) is 89.8 Å². The second-order valence-corrected chi connectivity index (χ2v) is 12.8. The van der Waals surface area contributed by atoms with E-state index in [9.17, 15) is 8.78 Å². The molecule has 2 saturated carbocycles. The zero-order valence-electron chi connectivity index (χ0n) is 25.9. The Kier molecular flexibility index (Phi) is 11.1. The molecule has 0 aliphatic heterocycles. The van der Waals surface area contributed by atoms with Gasteiger partial charge in [-0.15, -0.1) is 0 Å². The molecule has 4 heteroatoms. The smallest absolute Gasteiger partial charge is 0.201 e. The van der Waals surface area contributed by atoms with Crippen molar-refractivity contribution in [3.8, 4) is 28.0 Å². The normalized spacial score (nSPS) is 22.6. The number of hydrogen-bond donors (Lipinski definition) is 0.